The van der Waals surface area contributed by atoms with Gasteiger partial charge in [-0.25, -0.2) is 8.42 Å². The summed E-state index contributed by atoms with van der Waals surface area (Å²) in [6, 6.07) is 4.80. The Morgan fingerprint density at radius 2 is 1.75 bits per heavy atom. The van der Waals surface area contributed by atoms with E-state index < -0.39 is 22.0 Å². The lowest BCUT2D eigenvalue weighted by Crippen LogP contribution is -2.46. The smallest absolute Gasteiger partial charge is 0.241 e. The van der Waals surface area contributed by atoms with Gasteiger partial charge < -0.3 is 16.0 Å². The summed E-state index contributed by atoms with van der Waals surface area (Å²) in [5.41, 5.74) is 0.496. The molecule has 1 unspecified atom stereocenters. The van der Waals surface area contributed by atoms with Gasteiger partial charge in [-0.15, -0.1) is 0 Å². The Hall–Kier alpha value is -1.97. The average molecular weight is 356 g/mol. The molecule has 2 amide bonds. The van der Waals surface area contributed by atoms with Crippen molar-refractivity contribution >= 4 is 27.5 Å². The molecule has 1 aromatic rings. The summed E-state index contributed by atoms with van der Waals surface area (Å²) < 4.78 is 26.9. The molecular weight excluding hydrogens is 332 g/mol. The number of amides is 2. The van der Waals surface area contributed by atoms with Crippen LogP contribution in [0.15, 0.2) is 29.2 Å². The lowest BCUT2D eigenvalue weighted by molar-refractivity contribution is -0.122. The molecule has 0 bridgehead atoms. The Morgan fingerprint density at radius 1 is 1.12 bits per heavy atom. The van der Waals surface area contributed by atoms with Gasteiger partial charge in [-0.1, -0.05) is 6.92 Å². The third-order valence-corrected chi connectivity index (χ3v) is 4.62. The minimum atomic E-state index is -3.82. The summed E-state index contributed by atoms with van der Waals surface area (Å²) in [5.74, 6) is -0.641. The molecule has 8 nitrogen and oxygen atoms in total. The number of likely N-dealkylation sites (N-methyl/N-ethyl adjacent to an activating group) is 1. The lowest BCUT2D eigenvalue weighted by atomic mass is 10.3. The molecule has 0 radical (unpaired) electrons. The van der Waals surface area contributed by atoms with Gasteiger partial charge in [0.1, 0.15) is 0 Å². The molecule has 0 aliphatic heterocycles. The molecule has 0 heterocycles. The van der Waals surface area contributed by atoms with E-state index in [4.69, 9.17) is 0 Å². The van der Waals surface area contributed by atoms with Gasteiger partial charge in [-0.2, -0.15) is 4.72 Å². The summed E-state index contributed by atoms with van der Waals surface area (Å²) in [4.78, 5) is 22.8. The molecule has 1 aromatic carbocycles. The second-order valence-corrected chi connectivity index (χ2v) is 6.91. The summed E-state index contributed by atoms with van der Waals surface area (Å²) in [6.45, 7) is 6.63. The van der Waals surface area contributed by atoms with Crippen LogP contribution in [0.25, 0.3) is 0 Å². The van der Waals surface area contributed by atoms with Gasteiger partial charge in [0.05, 0.1) is 10.9 Å². The quantitative estimate of drug-likeness (QED) is 0.466. The van der Waals surface area contributed by atoms with Crippen molar-refractivity contribution in [1.29, 1.82) is 0 Å². The Bertz CT molecular complexity index is 659. The van der Waals surface area contributed by atoms with Crippen molar-refractivity contribution in [2.45, 2.75) is 31.7 Å². The topological polar surface area (TPSA) is 116 Å². The third-order valence-electron chi connectivity index (χ3n) is 3.06. The second kappa shape index (κ2) is 9.36. The fourth-order valence-electron chi connectivity index (χ4n) is 1.88. The first-order valence-electron chi connectivity index (χ1n) is 7.64. The molecule has 1 rings (SSSR count). The molecule has 0 aliphatic rings. The lowest BCUT2D eigenvalue weighted by Gasteiger charge is -2.15. The summed E-state index contributed by atoms with van der Waals surface area (Å²) in [6.07, 6.45) is 0. The van der Waals surface area contributed by atoms with Crippen LogP contribution < -0.4 is 20.7 Å². The zero-order chi connectivity index (χ0) is 18.2. The van der Waals surface area contributed by atoms with Crippen LogP contribution in [0.2, 0.25) is 0 Å². The van der Waals surface area contributed by atoms with E-state index in [1.165, 1.54) is 38.1 Å². The molecule has 134 valence electrons. The predicted molar refractivity (Wildman–Crippen MR) is 92.1 cm³/mol. The van der Waals surface area contributed by atoms with Gasteiger partial charge in [0.2, 0.25) is 21.8 Å². The van der Waals surface area contributed by atoms with Gasteiger partial charge in [-0.3, -0.25) is 9.59 Å². The number of anilines is 1. The number of sulfonamides is 1. The van der Waals surface area contributed by atoms with E-state index in [2.05, 4.69) is 20.7 Å². The Balaban J connectivity index is 2.64. The molecular formula is C15H24N4O4S. The highest BCUT2D eigenvalue weighted by Gasteiger charge is 2.21. The van der Waals surface area contributed by atoms with Gasteiger partial charge in [0.25, 0.3) is 0 Å². The molecule has 1 atom stereocenters. The fourth-order valence-corrected chi connectivity index (χ4v) is 3.08. The van der Waals surface area contributed by atoms with Crippen LogP contribution in [-0.2, 0) is 19.6 Å². The van der Waals surface area contributed by atoms with E-state index in [9.17, 15) is 18.0 Å². The normalized spacial score (nSPS) is 12.5. The van der Waals surface area contributed by atoms with E-state index in [1.54, 1.807) is 0 Å². The largest absolute Gasteiger partial charge is 0.353 e. The summed E-state index contributed by atoms with van der Waals surface area (Å²) >= 11 is 0. The number of benzene rings is 1. The van der Waals surface area contributed by atoms with E-state index in [0.717, 1.165) is 6.54 Å². The van der Waals surface area contributed by atoms with E-state index in [-0.39, 0.29) is 10.8 Å². The predicted octanol–water partition coefficient (Wildman–Crippen LogP) is 0.0375. The Labute approximate surface area is 142 Å². The van der Waals surface area contributed by atoms with Crippen LogP contribution in [-0.4, -0.2) is 45.9 Å². The van der Waals surface area contributed by atoms with Crippen molar-refractivity contribution in [2.24, 2.45) is 0 Å². The van der Waals surface area contributed by atoms with E-state index >= 15 is 0 Å². The zero-order valence-electron chi connectivity index (χ0n) is 14.0. The molecule has 0 aliphatic carbocycles. The molecule has 4 N–H and O–H groups in total. The average Bonchev–Trinajstić information content (AvgIpc) is 2.51. The number of nitrogens with one attached hydrogen (secondary N) is 4. The molecule has 0 saturated carbocycles. The maximum atomic E-state index is 12.3. The van der Waals surface area contributed by atoms with Crippen LogP contribution in [0, 0.1) is 0 Å². The third kappa shape index (κ3) is 6.65. The number of rotatable bonds is 9. The van der Waals surface area contributed by atoms with Crippen LogP contribution >= 0.6 is 0 Å². The van der Waals surface area contributed by atoms with Gasteiger partial charge >= 0.3 is 0 Å². The minimum Gasteiger partial charge on any atom is -0.353 e. The maximum absolute atomic E-state index is 12.3. The minimum absolute atomic E-state index is 0.0175. The van der Waals surface area contributed by atoms with Crippen LogP contribution in [0.5, 0.6) is 0 Å². The van der Waals surface area contributed by atoms with Crippen molar-refractivity contribution in [3.8, 4) is 0 Å². The molecule has 0 spiro atoms. The van der Waals surface area contributed by atoms with Gasteiger partial charge in [0.15, 0.2) is 0 Å². The van der Waals surface area contributed by atoms with Gasteiger partial charge in [-0.05, 0) is 37.7 Å². The fraction of sp³-hybridized carbons (Fsp3) is 0.467. The van der Waals surface area contributed by atoms with E-state index in [0.29, 0.717) is 18.8 Å². The first-order chi connectivity index (χ1) is 11.3. The number of carbonyl (C=O) groups is 2. The molecule has 9 heteroatoms. The van der Waals surface area contributed by atoms with Crippen LogP contribution in [0.4, 0.5) is 5.69 Å². The van der Waals surface area contributed by atoms with Crippen molar-refractivity contribution in [1.82, 2.24) is 15.4 Å². The zero-order valence-corrected chi connectivity index (χ0v) is 14.9. The van der Waals surface area contributed by atoms with Crippen molar-refractivity contribution in [3.63, 3.8) is 0 Å². The number of hydrogen-bond donors (Lipinski definition) is 4. The van der Waals surface area contributed by atoms with Crippen molar-refractivity contribution < 1.29 is 18.0 Å². The standard InChI is InChI=1S/C15H24N4O4S/c1-4-16-9-10-17-15(21)11(2)19-24(22,23)14-7-5-13(6-8-14)18-12(3)20/h5-8,11,16,19H,4,9-10H2,1-3H3,(H,17,21)(H,18,20). The maximum Gasteiger partial charge on any atom is 0.241 e. The van der Waals surface area contributed by atoms with E-state index in [1.807, 2.05) is 6.92 Å². The molecule has 0 aromatic heterocycles. The molecule has 24 heavy (non-hydrogen) atoms. The molecule has 0 fully saturated rings. The monoisotopic (exact) mass is 356 g/mol. The number of hydrogen-bond acceptors (Lipinski definition) is 5. The SMILES string of the molecule is CCNCCNC(=O)C(C)NS(=O)(=O)c1ccc(NC(C)=O)cc1. The second-order valence-electron chi connectivity index (χ2n) is 5.19. The highest BCUT2D eigenvalue weighted by molar-refractivity contribution is 7.89. The van der Waals surface area contributed by atoms with Gasteiger partial charge in [0, 0.05) is 25.7 Å². The highest BCUT2D eigenvalue weighted by Crippen LogP contribution is 2.14. The highest BCUT2D eigenvalue weighted by atomic mass is 32.2. The Morgan fingerprint density at radius 3 is 2.29 bits per heavy atom. The summed E-state index contributed by atoms with van der Waals surface area (Å²) in [5, 5.41) is 8.25. The van der Waals surface area contributed by atoms with Crippen molar-refractivity contribution in [2.75, 3.05) is 25.0 Å². The van der Waals surface area contributed by atoms with Crippen molar-refractivity contribution in [3.05, 3.63) is 24.3 Å². The number of carbonyl (C=O) groups excluding carboxylic acids is 2. The first-order valence-corrected chi connectivity index (χ1v) is 9.13. The Kier molecular flexibility index (Phi) is 7.83. The molecule has 0 saturated heterocycles. The van der Waals surface area contributed by atoms with Crippen LogP contribution in [0.1, 0.15) is 20.8 Å². The first kappa shape index (κ1) is 20.1. The summed E-state index contributed by atoms with van der Waals surface area (Å²) in [7, 11) is -3.82. The van der Waals surface area contributed by atoms with Crippen LogP contribution in [0.3, 0.4) is 0 Å².